The second-order valence-corrected chi connectivity index (χ2v) is 3.20. The Morgan fingerprint density at radius 3 is 2.83 bits per heavy atom. The molecule has 64 valence electrons. The summed E-state index contributed by atoms with van der Waals surface area (Å²) in [5, 5.41) is 3.15. The molecule has 0 bridgehead atoms. The lowest BCUT2D eigenvalue weighted by Gasteiger charge is -2.38. The van der Waals surface area contributed by atoms with Crippen molar-refractivity contribution in [3.63, 3.8) is 0 Å². The summed E-state index contributed by atoms with van der Waals surface area (Å²) in [6.45, 7) is 3.81. The zero-order valence-electron chi connectivity index (χ0n) is 6.95. The van der Waals surface area contributed by atoms with Gasteiger partial charge in [0, 0.05) is 25.5 Å². The third kappa shape index (κ3) is 1.38. The van der Waals surface area contributed by atoms with Gasteiger partial charge in [0.2, 0.25) is 5.88 Å². The molecule has 1 saturated heterocycles. The van der Waals surface area contributed by atoms with Gasteiger partial charge in [-0.05, 0) is 6.92 Å². The lowest BCUT2D eigenvalue weighted by Crippen LogP contribution is -2.61. The molecule has 1 aromatic rings. The van der Waals surface area contributed by atoms with Crippen LogP contribution in [0.4, 0.5) is 0 Å². The molecule has 4 nitrogen and oxygen atoms in total. The maximum Gasteiger partial charge on any atom is 0.232 e. The molecule has 0 amide bonds. The average molecular weight is 165 g/mol. The average Bonchev–Trinajstić information content (AvgIpc) is 2.04. The number of hydrogen-bond acceptors (Lipinski definition) is 4. The SMILES string of the molecule is CC1(Oc2cnccn2)CNC1. The van der Waals surface area contributed by atoms with E-state index in [1.54, 1.807) is 18.6 Å². The van der Waals surface area contributed by atoms with Crippen LogP contribution >= 0.6 is 0 Å². The molecule has 1 aliphatic rings. The number of nitrogens with zero attached hydrogens (tertiary/aromatic N) is 2. The lowest BCUT2D eigenvalue weighted by molar-refractivity contribution is 0.0301. The molecule has 2 rings (SSSR count). The van der Waals surface area contributed by atoms with Gasteiger partial charge in [-0.1, -0.05) is 0 Å². The van der Waals surface area contributed by atoms with Crippen molar-refractivity contribution in [1.29, 1.82) is 0 Å². The topological polar surface area (TPSA) is 47.0 Å². The van der Waals surface area contributed by atoms with Gasteiger partial charge in [-0.15, -0.1) is 0 Å². The Morgan fingerprint density at radius 2 is 2.33 bits per heavy atom. The van der Waals surface area contributed by atoms with Gasteiger partial charge in [-0.2, -0.15) is 0 Å². The van der Waals surface area contributed by atoms with Gasteiger partial charge in [0.15, 0.2) is 0 Å². The van der Waals surface area contributed by atoms with E-state index in [0.717, 1.165) is 13.1 Å². The predicted octanol–water partition coefficient (Wildman–Crippen LogP) is 0.217. The highest BCUT2D eigenvalue weighted by molar-refractivity contribution is 5.06. The van der Waals surface area contributed by atoms with Crippen LogP contribution in [0.25, 0.3) is 0 Å². The minimum Gasteiger partial charge on any atom is -0.468 e. The van der Waals surface area contributed by atoms with E-state index in [1.165, 1.54) is 0 Å². The van der Waals surface area contributed by atoms with Gasteiger partial charge in [0.05, 0.1) is 6.20 Å². The van der Waals surface area contributed by atoms with Crippen molar-refractivity contribution in [3.05, 3.63) is 18.6 Å². The molecule has 0 spiro atoms. The van der Waals surface area contributed by atoms with Crippen molar-refractivity contribution in [1.82, 2.24) is 15.3 Å². The fourth-order valence-corrected chi connectivity index (χ4v) is 1.14. The molecule has 0 aromatic carbocycles. The maximum atomic E-state index is 5.60. The Labute approximate surface area is 71.0 Å². The summed E-state index contributed by atoms with van der Waals surface area (Å²) in [5.74, 6) is 0.599. The fraction of sp³-hybridized carbons (Fsp3) is 0.500. The highest BCUT2D eigenvalue weighted by Crippen LogP contribution is 2.17. The number of rotatable bonds is 2. The maximum absolute atomic E-state index is 5.60. The zero-order chi connectivity index (χ0) is 8.44. The lowest BCUT2D eigenvalue weighted by atomic mass is 10.0. The van der Waals surface area contributed by atoms with E-state index in [9.17, 15) is 0 Å². The third-order valence-corrected chi connectivity index (χ3v) is 1.89. The van der Waals surface area contributed by atoms with Crippen molar-refractivity contribution in [2.45, 2.75) is 12.5 Å². The minimum absolute atomic E-state index is 0.0873. The summed E-state index contributed by atoms with van der Waals surface area (Å²) < 4.78 is 5.60. The number of aromatic nitrogens is 2. The van der Waals surface area contributed by atoms with E-state index in [1.807, 2.05) is 0 Å². The van der Waals surface area contributed by atoms with Crippen molar-refractivity contribution in [2.24, 2.45) is 0 Å². The molecule has 12 heavy (non-hydrogen) atoms. The van der Waals surface area contributed by atoms with Gasteiger partial charge in [-0.3, -0.25) is 4.98 Å². The van der Waals surface area contributed by atoms with Gasteiger partial charge < -0.3 is 10.1 Å². The van der Waals surface area contributed by atoms with Crippen LogP contribution in [0.3, 0.4) is 0 Å². The van der Waals surface area contributed by atoms with Gasteiger partial charge in [-0.25, -0.2) is 4.98 Å². The van der Waals surface area contributed by atoms with Gasteiger partial charge in [0.25, 0.3) is 0 Å². The van der Waals surface area contributed by atoms with Gasteiger partial charge >= 0.3 is 0 Å². The quantitative estimate of drug-likeness (QED) is 0.681. The van der Waals surface area contributed by atoms with Crippen LogP contribution in [0.15, 0.2) is 18.6 Å². The summed E-state index contributed by atoms with van der Waals surface area (Å²) in [5.41, 5.74) is -0.0873. The van der Waals surface area contributed by atoms with E-state index in [-0.39, 0.29) is 5.60 Å². The smallest absolute Gasteiger partial charge is 0.232 e. The first-order valence-electron chi connectivity index (χ1n) is 3.94. The molecule has 0 aliphatic carbocycles. The van der Waals surface area contributed by atoms with Crippen molar-refractivity contribution in [3.8, 4) is 5.88 Å². The number of hydrogen-bond donors (Lipinski definition) is 1. The van der Waals surface area contributed by atoms with Crippen molar-refractivity contribution < 1.29 is 4.74 Å². The Kier molecular flexibility index (Phi) is 1.69. The molecule has 4 heteroatoms. The van der Waals surface area contributed by atoms with Gasteiger partial charge in [0.1, 0.15) is 5.60 Å². The van der Waals surface area contributed by atoms with Crippen molar-refractivity contribution in [2.75, 3.05) is 13.1 Å². The number of nitrogens with one attached hydrogen (secondary N) is 1. The molecule has 1 aliphatic heterocycles. The summed E-state index contributed by atoms with van der Waals surface area (Å²) >= 11 is 0. The fourth-order valence-electron chi connectivity index (χ4n) is 1.14. The van der Waals surface area contributed by atoms with Crippen LogP contribution in [-0.2, 0) is 0 Å². The van der Waals surface area contributed by atoms with E-state index < -0.39 is 0 Å². The second kappa shape index (κ2) is 2.71. The first kappa shape index (κ1) is 7.49. The molecule has 1 N–H and O–H groups in total. The summed E-state index contributed by atoms with van der Waals surface area (Å²) in [4.78, 5) is 7.95. The molecule has 1 aromatic heterocycles. The second-order valence-electron chi connectivity index (χ2n) is 3.20. The van der Waals surface area contributed by atoms with E-state index in [4.69, 9.17) is 4.74 Å². The first-order valence-corrected chi connectivity index (χ1v) is 3.94. The highest BCUT2D eigenvalue weighted by Gasteiger charge is 2.34. The molecule has 1 fully saturated rings. The Hall–Kier alpha value is -1.16. The monoisotopic (exact) mass is 165 g/mol. The molecular formula is C8H11N3O. The normalized spacial score (nSPS) is 19.8. The largest absolute Gasteiger partial charge is 0.468 e. The summed E-state index contributed by atoms with van der Waals surface area (Å²) in [6.07, 6.45) is 4.89. The number of ether oxygens (including phenoxy) is 1. The highest BCUT2D eigenvalue weighted by atomic mass is 16.5. The Bertz CT molecular complexity index is 258. The molecule has 0 radical (unpaired) electrons. The standard InChI is InChI=1S/C8H11N3O/c1-8(5-10-6-8)12-7-4-9-2-3-11-7/h2-4,10H,5-6H2,1H3. The van der Waals surface area contributed by atoms with E-state index >= 15 is 0 Å². The molecule has 0 atom stereocenters. The third-order valence-electron chi connectivity index (χ3n) is 1.89. The van der Waals surface area contributed by atoms with Crippen molar-refractivity contribution >= 4 is 0 Å². The zero-order valence-corrected chi connectivity index (χ0v) is 6.95. The van der Waals surface area contributed by atoms with E-state index in [2.05, 4.69) is 22.2 Å². The molecule has 0 unspecified atom stereocenters. The Morgan fingerprint density at radius 1 is 1.50 bits per heavy atom. The Balaban J connectivity index is 2.04. The first-order chi connectivity index (χ1) is 5.79. The summed E-state index contributed by atoms with van der Waals surface area (Å²) in [7, 11) is 0. The van der Waals surface area contributed by atoms with Crippen LogP contribution < -0.4 is 10.1 Å². The van der Waals surface area contributed by atoms with Crippen LogP contribution in [0, 0.1) is 0 Å². The van der Waals surface area contributed by atoms with Crippen LogP contribution in [0.1, 0.15) is 6.92 Å². The predicted molar refractivity (Wildman–Crippen MR) is 43.9 cm³/mol. The van der Waals surface area contributed by atoms with Crippen LogP contribution in [0.2, 0.25) is 0 Å². The summed E-state index contributed by atoms with van der Waals surface area (Å²) in [6, 6.07) is 0. The van der Waals surface area contributed by atoms with E-state index in [0.29, 0.717) is 5.88 Å². The molecular weight excluding hydrogens is 154 g/mol. The van der Waals surface area contributed by atoms with Crippen LogP contribution in [0.5, 0.6) is 5.88 Å². The molecule has 0 saturated carbocycles. The van der Waals surface area contributed by atoms with Crippen LogP contribution in [-0.4, -0.2) is 28.7 Å². The minimum atomic E-state index is -0.0873. The molecule has 2 heterocycles.